The minimum atomic E-state index is -0.642. The van der Waals surface area contributed by atoms with Crippen LogP contribution in [0.2, 0.25) is 0 Å². The molecule has 0 saturated carbocycles. The van der Waals surface area contributed by atoms with Crippen LogP contribution in [0.4, 0.5) is 15.9 Å². The first-order valence-corrected chi connectivity index (χ1v) is 11.5. The smallest absolute Gasteiger partial charge is 0.252 e. The second-order valence-electron chi connectivity index (χ2n) is 8.49. The maximum atomic E-state index is 13.3. The molecule has 36 heavy (non-hydrogen) atoms. The van der Waals surface area contributed by atoms with E-state index in [1.54, 1.807) is 18.2 Å². The van der Waals surface area contributed by atoms with Gasteiger partial charge in [-0.3, -0.25) is 19.4 Å². The van der Waals surface area contributed by atoms with Gasteiger partial charge < -0.3 is 14.6 Å². The number of aromatic nitrogens is 4. The largest absolute Gasteiger partial charge is 0.463 e. The van der Waals surface area contributed by atoms with Crippen LogP contribution < -0.4 is 15.8 Å². The van der Waals surface area contributed by atoms with Gasteiger partial charge in [0.1, 0.15) is 17.3 Å². The highest BCUT2D eigenvalue weighted by atomic mass is 19.1. The lowest BCUT2D eigenvalue weighted by Gasteiger charge is -2.16. The highest BCUT2D eigenvalue weighted by molar-refractivity contribution is 6.03. The Morgan fingerprint density at radius 2 is 2.03 bits per heavy atom. The molecule has 0 spiro atoms. The normalized spacial score (nSPS) is 15.4. The van der Waals surface area contributed by atoms with Crippen LogP contribution in [0, 0.1) is 11.7 Å². The fraction of sp³-hybridized carbons (Fsp3) is 0.240. The second kappa shape index (κ2) is 9.61. The van der Waals surface area contributed by atoms with Crippen LogP contribution in [-0.2, 0) is 16.0 Å². The molecule has 3 aromatic heterocycles. The Hall–Kier alpha value is -4.54. The Morgan fingerprint density at radius 3 is 2.75 bits per heavy atom. The van der Waals surface area contributed by atoms with E-state index in [4.69, 9.17) is 4.42 Å². The highest BCUT2D eigenvalue weighted by Crippen LogP contribution is 2.28. The van der Waals surface area contributed by atoms with Gasteiger partial charge in [-0.15, -0.1) is 0 Å². The third-order valence-corrected chi connectivity index (χ3v) is 5.86. The van der Waals surface area contributed by atoms with Gasteiger partial charge >= 0.3 is 0 Å². The second-order valence-corrected chi connectivity index (χ2v) is 8.49. The standard InChI is InChI=1S/C25H23FN6O4/c1-2-4-17-12-22(33)29-25(27-17)32-21(13-19(30-32)20-5-3-10-36-20)28-24(35)15-11-23(34)31(14-15)18-8-6-16(26)7-9-18/h3,5-10,12-13,15H,2,4,11,14H2,1H3,(H,28,35)(H,27,29,33). The van der Waals surface area contributed by atoms with Crippen LogP contribution in [0.25, 0.3) is 17.4 Å². The number of anilines is 2. The lowest BCUT2D eigenvalue weighted by Crippen LogP contribution is -2.29. The third kappa shape index (κ3) is 4.67. The van der Waals surface area contributed by atoms with Crippen molar-refractivity contribution in [3.63, 3.8) is 0 Å². The van der Waals surface area contributed by atoms with E-state index in [2.05, 4.69) is 20.4 Å². The zero-order chi connectivity index (χ0) is 25.2. The first-order valence-electron chi connectivity index (χ1n) is 11.5. The lowest BCUT2D eigenvalue weighted by atomic mass is 10.1. The van der Waals surface area contributed by atoms with Crippen molar-refractivity contribution >= 4 is 23.3 Å². The molecule has 4 aromatic rings. The fourth-order valence-electron chi connectivity index (χ4n) is 4.14. The van der Waals surface area contributed by atoms with Crippen molar-refractivity contribution in [2.75, 3.05) is 16.8 Å². The number of aromatic amines is 1. The van der Waals surface area contributed by atoms with E-state index >= 15 is 0 Å². The van der Waals surface area contributed by atoms with E-state index < -0.39 is 17.6 Å². The monoisotopic (exact) mass is 490 g/mol. The number of benzene rings is 1. The molecule has 0 aliphatic carbocycles. The van der Waals surface area contributed by atoms with Gasteiger partial charge in [0.25, 0.3) is 5.56 Å². The Bertz CT molecular complexity index is 1460. The predicted octanol–water partition coefficient (Wildman–Crippen LogP) is 3.30. The molecule has 1 aromatic carbocycles. The van der Waals surface area contributed by atoms with Gasteiger partial charge in [-0.1, -0.05) is 13.3 Å². The Kier molecular flexibility index (Phi) is 6.19. The third-order valence-electron chi connectivity index (χ3n) is 5.86. The molecule has 2 amide bonds. The Labute approximate surface area is 204 Å². The molecule has 4 heterocycles. The molecule has 184 valence electrons. The zero-order valence-electron chi connectivity index (χ0n) is 19.4. The number of furan rings is 1. The number of hydrogen-bond acceptors (Lipinski definition) is 6. The topological polar surface area (TPSA) is 126 Å². The van der Waals surface area contributed by atoms with Crippen LogP contribution in [0.3, 0.4) is 0 Å². The van der Waals surface area contributed by atoms with Crippen LogP contribution in [0.5, 0.6) is 0 Å². The zero-order valence-corrected chi connectivity index (χ0v) is 19.4. The van der Waals surface area contributed by atoms with Crippen molar-refractivity contribution in [2.24, 2.45) is 5.92 Å². The fourth-order valence-corrected chi connectivity index (χ4v) is 4.14. The van der Waals surface area contributed by atoms with E-state index in [9.17, 15) is 18.8 Å². The number of hydrogen-bond donors (Lipinski definition) is 2. The summed E-state index contributed by atoms with van der Waals surface area (Å²) in [4.78, 5) is 46.7. The van der Waals surface area contributed by atoms with Gasteiger partial charge in [0.15, 0.2) is 5.76 Å². The van der Waals surface area contributed by atoms with Crippen molar-refractivity contribution in [1.82, 2.24) is 19.7 Å². The molecule has 1 fully saturated rings. The number of halogens is 1. The first kappa shape index (κ1) is 23.2. The van der Waals surface area contributed by atoms with Gasteiger partial charge in [-0.25, -0.2) is 9.37 Å². The number of amides is 2. The number of carbonyl (C=O) groups excluding carboxylic acids is 2. The molecule has 1 aliphatic rings. The van der Waals surface area contributed by atoms with Crippen molar-refractivity contribution in [2.45, 2.75) is 26.2 Å². The minimum absolute atomic E-state index is 0.00343. The number of aryl methyl sites for hydroxylation is 1. The van der Waals surface area contributed by atoms with Crippen molar-refractivity contribution in [1.29, 1.82) is 0 Å². The Balaban J connectivity index is 1.44. The van der Waals surface area contributed by atoms with E-state index in [1.165, 1.54) is 46.2 Å². The van der Waals surface area contributed by atoms with Crippen molar-refractivity contribution in [3.05, 3.63) is 76.7 Å². The molecular weight excluding hydrogens is 467 g/mol. The number of H-pyrrole nitrogens is 1. The van der Waals surface area contributed by atoms with Gasteiger partial charge in [-0.2, -0.15) is 9.78 Å². The summed E-state index contributed by atoms with van der Waals surface area (Å²) in [6.07, 6.45) is 2.91. The molecule has 1 aliphatic heterocycles. The number of nitrogens with zero attached hydrogens (tertiary/aromatic N) is 4. The predicted molar refractivity (Wildman–Crippen MR) is 129 cm³/mol. The number of carbonyl (C=O) groups is 2. The summed E-state index contributed by atoms with van der Waals surface area (Å²) in [5.74, 6) is -0.802. The summed E-state index contributed by atoms with van der Waals surface area (Å²) in [6.45, 7) is 2.13. The van der Waals surface area contributed by atoms with E-state index in [0.29, 0.717) is 29.3 Å². The van der Waals surface area contributed by atoms with E-state index in [-0.39, 0.29) is 36.2 Å². The number of nitrogens with one attached hydrogen (secondary N) is 2. The summed E-state index contributed by atoms with van der Waals surface area (Å²) in [5, 5.41) is 7.32. The summed E-state index contributed by atoms with van der Waals surface area (Å²) in [7, 11) is 0. The highest BCUT2D eigenvalue weighted by Gasteiger charge is 2.35. The summed E-state index contributed by atoms with van der Waals surface area (Å²) < 4.78 is 20.1. The van der Waals surface area contributed by atoms with E-state index in [0.717, 1.165) is 6.42 Å². The molecule has 5 rings (SSSR count). The molecule has 10 nitrogen and oxygen atoms in total. The molecule has 1 unspecified atom stereocenters. The van der Waals surface area contributed by atoms with Crippen LogP contribution in [-0.4, -0.2) is 38.1 Å². The lowest BCUT2D eigenvalue weighted by molar-refractivity contribution is -0.122. The summed E-state index contributed by atoms with van der Waals surface area (Å²) in [5.41, 5.74) is 1.21. The molecule has 1 saturated heterocycles. The molecular formula is C25H23FN6O4. The van der Waals surface area contributed by atoms with Gasteiger partial charge in [-0.05, 0) is 42.8 Å². The average Bonchev–Trinajstić information content (AvgIpc) is 3.59. The van der Waals surface area contributed by atoms with Gasteiger partial charge in [0, 0.05) is 36.5 Å². The maximum Gasteiger partial charge on any atom is 0.252 e. The van der Waals surface area contributed by atoms with Crippen LogP contribution in [0.15, 0.2) is 64.0 Å². The van der Waals surface area contributed by atoms with E-state index in [1.807, 2.05) is 6.92 Å². The summed E-state index contributed by atoms with van der Waals surface area (Å²) >= 11 is 0. The Morgan fingerprint density at radius 1 is 1.22 bits per heavy atom. The van der Waals surface area contributed by atoms with Gasteiger partial charge in [0.2, 0.25) is 17.8 Å². The SMILES string of the molecule is CCCc1cc(=O)[nH]c(-n2nc(-c3ccco3)cc2NC(=O)C2CC(=O)N(c3ccc(F)cc3)C2)n1. The average molecular weight is 490 g/mol. The first-order chi connectivity index (χ1) is 17.4. The van der Waals surface area contributed by atoms with Gasteiger partial charge in [0.05, 0.1) is 12.2 Å². The molecule has 1 atom stereocenters. The minimum Gasteiger partial charge on any atom is -0.463 e. The quantitative estimate of drug-likeness (QED) is 0.409. The van der Waals surface area contributed by atoms with Crippen molar-refractivity contribution in [3.8, 4) is 17.4 Å². The molecule has 2 N–H and O–H groups in total. The molecule has 0 radical (unpaired) electrons. The maximum absolute atomic E-state index is 13.3. The molecule has 0 bridgehead atoms. The summed E-state index contributed by atoms with van der Waals surface area (Å²) in [6, 6.07) is 12.0. The van der Waals surface area contributed by atoms with Crippen molar-refractivity contribution < 1.29 is 18.4 Å². The molecule has 11 heteroatoms. The van der Waals surface area contributed by atoms with Crippen LogP contribution >= 0.6 is 0 Å². The van der Waals surface area contributed by atoms with Crippen LogP contribution in [0.1, 0.15) is 25.5 Å². The number of rotatable bonds is 7.